The zero-order valence-corrected chi connectivity index (χ0v) is 33.8. The lowest BCUT2D eigenvalue weighted by Gasteiger charge is -2.14. The van der Waals surface area contributed by atoms with E-state index in [4.69, 9.17) is 19.9 Å². The Morgan fingerprint density at radius 3 is 1.30 bits per heavy atom. The third kappa shape index (κ3) is 5.46. The summed E-state index contributed by atoms with van der Waals surface area (Å²) in [5.41, 5.74) is 11.2. The van der Waals surface area contributed by atoms with Crippen LogP contribution < -0.4 is 0 Å². The van der Waals surface area contributed by atoms with E-state index in [1.165, 1.54) is 10.8 Å². The number of rotatable bonds is 6. The van der Waals surface area contributed by atoms with Crippen molar-refractivity contribution in [3.8, 4) is 51.5 Å². The van der Waals surface area contributed by atoms with E-state index in [2.05, 4.69) is 190 Å². The molecule has 0 radical (unpaired) electrons. The van der Waals surface area contributed by atoms with Crippen LogP contribution in [-0.2, 0) is 0 Å². The monoisotopic (exact) mass is 805 g/mol. The van der Waals surface area contributed by atoms with E-state index < -0.39 is 0 Å². The average Bonchev–Trinajstić information content (AvgIpc) is 4.00. The third-order valence-electron chi connectivity index (χ3n) is 12.3. The van der Waals surface area contributed by atoms with Crippen molar-refractivity contribution < 1.29 is 0 Å². The minimum atomic E-state index is 0.554. The molecule has 0 aliphatic carbocycles. The Hall–Kier alpha value is -8.68. The second kappa shape index (κ2) is 13.9. The van der Waals surface area contributed by atoms with Gasteiger partial charge in [0, 0.05) is 54.7 Å². The number of para-hydroxylation sites is 4. The fraction of sp³-hybridized carbons (Fsp3) is 0. The highest BCUT2D eigenvalue weighted by molar-refractivity contribution is 6.23. The Morgan fingerprint density at radius 1 is 0.286 bits per heavy atom. The van der Waals surface area contributed by atoms with E-state index in [0.717, 1.165) is 88.5 Å². The standard InChI is InChI=1S/C56H35N7/c1-3-17-36(18-4-1)54-58-55(37-19-5-2-6-20-37)60-56(59-54)63-50-31-14-10-26-43(50)45-34-33-44-42-25-9-11-28-47(42)61(52(44)53(45)63)39-22-15-21-38(35-39)46-27-16-32-51(57-46)62-48-29-12-7-23-40(48)41-24-8-13-30-49(41)62/h1-35H. The van der Waals surface area contributed by atoms with Gasteiger partial charge in [0.05, 0.1) is 38.8 Å². The molecule has 0 bridgehead atoms. The lowest BCUT2D eigenvalue weighted by atomic mass is 10.1. The highest BCUT2D eigenvalue weighted by Crippen LogP contribution is 2.42. The van der Waals surface area contributed by atoms with E-state index in [0.29, 0.717) is 17.6 Å². The average molecular weight is 806 g/mol. The van der Waals surface area contributed by atoms with Gasteiger partial charge in [-0.1, -0.05) is 164 Å². The van der Waals surface area contributed by atoms with Gasteiger partial charge in [0.25, 0.3) is 0 Å². The molecule has 0 N–H and O–H groups in total. The number of hydrogen-bond acceptors (Lipinski definition) is 4. The van der Waals surface area contributed by atoms with Crippen LogP contribution in [0.15, 0.2) is 212 Å². The first-order valence-electron chi connectivity index (χ1n) is 21.2. The fourth-order valence-electron chi connectivity index (χ4n) is 9.56. The summed E-state index contributed by atoms with van der Waals surface area (Å²) in [6.07, 6.45) is 0. The molecule has 5 aromatic heterocycles. The molecule has 294 valence electrons. The van der Waals surface area contributed by atoms with Crippen LogP contribution >= 0.6 is 0 Å². The predicted molar refractivity (Wildman–Crippen MR) is 257 cm³/mol. The van der Waals surface area contributed by atoms with Gasteiger partial charge in [0.1, 0.15) is 5.82 Å². The summed E-state index contributed by atoms with van der Waals surface area (Å²) >= 11 is 0. The zero-order valence-electron chi connectivity index (χ0n) is 33.8. The molecule has 0 aliphatic heterocycles. The Morgan fingerprint density at radius 2 is 0.730 bits per heavy atom. The van der Waals surface area contributed by atoms with Crippen molar-refractivity contribution >= 4 is 65.4 Å². The van der Waals surface area contributed by atoms with Crippen LogP contribution in [0.2, 0.25) is 0 Å². The third-order valence-corrected chi connectivity index (χ3v) is 12.3. The molecule has 0 fully saturated rings. The lowest BCUT2D eigenvalue weighted by molar-refractivity contribution is 0.953. The smallest absolute Gasteiger partial charge is 0.238 e. The molecule has 0 unspecified atom stereocenters. The summed E-state index contributed by atoms with van der Waals surface area (Å²) in [6.45, 7) is 0. The molecule has 63 heavy (non-hydrogen) atoms. The molecule has 0 aliphatic rings. The molecule has 0 spiro atoms. The molecule has 7 nitrogen and oxygen atoms in total. The highest BCUT2D eigenvalue weighted by Gasteiger charge is 2.24. The van der Waals surface area contributed by atoms with Crippen molar-refractivity contribution in [2.24, 2.45) is 0 Å². The van der Waals surface area contributed by atoms with E-state index in [1.807, 2.05) is 36.4 Å². The second-order valence-corrected chi connectivity index (χ2v) is 15.9. The van der Waals surface area contributed by atoms with E-state index >= 15 is 0 Å². The zero-order chi connectivity index (χ0) is 41.4. The largest absolute Gasteiger partial charge is 0.307 e. The van der Waals surface area contributed by atoms with Crippen molar-refractivity contribution in [1.82, 2.24) is 33.6 Å². The normalized spacial score (nSPS) is 11.8. The van der Waals surface area contributed by atoms with Crippen molar-refractivity contribution in [2.75, 3.05) is 0 Å². The number of benzene rings is 8. The molecule has 8 aromatic carbocycles. The Labute approximate surface area is 361 Å². The number of nitrogens with zero attached hydrogens (tertiary/aromatic N) is 7. The summed E-state index contributed by atoms with van der Waals surface area (Å²) in [5, 5.41) is 6.95. The van der Waals surface area contributed by atoms with Gasteiger partial charge in [0.2, 0.25) is 5.95 Å². The molecule has 0 saturated carbocycles. The van der Waals surface area contributed by atoms with Crippen LogP contribution in [0.5, 0.6) is 0 Å². The summed E-state index contributed by atoms with van der Waals surface area (Å²) in [7, 11) is 0. The summed E-state index contributed by atoms with van der Waals surface area (Å²) in [4.78, 5) is 21.0. The highest BCUT2D eigenvalue weighted by atomic mass is 15.2. The minimum Gasteiger partial charge on any atom is -0.307 e. The van der Waals surface area contributed by atoms with E-state index in [-0.39, 0.29) is 0 Å². The van der Waals surface area contributed by atoms with Gasteiger partial charge < -0.3 is 4.57 Å². The van der Waals surface area contributed by atoms with Gasteiger partial charge in [-0.15, -0.1) is 0 Å². The molecule has 13 aromatic rings. The van der Waals surface area contributed by atoms with Crippen molar-refractivity contribution in [3.05, 3.63) is 212 Å². The summed E-state index contributed by atoms with van der Waals surface area (Å²) < 4.78 is 6.91. The number of hydrogen-bond donors (Lipinski definition) is 0. The van der Waals surface area contributed by atoms with Crippen LogP contribution in [0.25, 0.3) is 117 Å². The van der Waals surface area contributed by atoms with Gasteiger partial charge in [-0.05, 0) is 48.5 Å². The van der Waals surface area contributed by atoms with Crippen molar-refractivity contribution in [2.45, 2.75) is 0 Å². The molecule has 0 saturated heterocycles. The first kappa shape index (κ1) is 35.1. The summed E-state index contributed by atoms with van der Waals surface area (Å²) in [5.74, 6) is 2.65. The van der Waals surface area contributed by atoms with Crippen LogP contribution in [0, 0.1) is 0 Å². The maximum atomic E-state index is 5.36. The first-order valence-corrected chi connectivity index (χ1v) is 21.2. The number of aromatic nitrogens is 7. The molecule has 7 heteroatoms. The van der Waals surface area contributed by atoms with Gasteiger partial charge in [-0.3, -0.25) is 9.13 Å². The molecule has 0 amide bonds. The lowest BCUT2D eigenvalue weighted by Crippen LogP contribution is -2.07. The second-order valence-electron chi connectivity index (χ2n) is 15.9. The molecule has 13 rings (SSSR count). The Balaban J connectivity index is 1.07. The van der Waals surface area contributed by atoms with Crippen LogP contribution in [0.4, 0.5) is 0 Å². The Kier molecular flexibility index (Phi) is 7.77. The van der Waals surface area contributed by atoms with Crippen LogP contribution in [0.1, 0.15) is 0 Å². The van der Waals surface area contributed by atoms with Crippen molar-refractivity contribution in [1.29, 1.82) is 0 Å². The van der Waals surface area contributed by atoms with Gasteiger partial charge in [0.15, 0.2) is 11.6 Å². The van der Waals surface area contributed by atoms with Gasteiger partial charge in [-0.2, -0.15) is 9.97 Å². The summed E-state index contributed by atoms with van der Waals surface area (Å²) in [6, 6.07) is 74.3. The first-order chi connectivity index (χ1) is 31.3. The SMILES string of the molecule is c1ccc(-c2nc(-c3ccccc3)nc(-n3c4ccccc4c4ccc5c6ccccc6n(-c6cccc(-c7cccc(-n8c9ccccc9c9ccccc98)n7)c6)c5c43)n2)cc1. The van der Waals surface area contributed by atoms with Gasteiger partial charge in [-0.25, -0.2) is 9.97 Å². The number of fused-ring (bicyclic) bond motifs is 10. The minimum absolute atomic E-state index is 0.554. The topological polar surface area (TPSA) is 66.3 Å². The van der Waals surface area contributed by atoms with E-state index in [1.54, 1.807) is 0 Å². The molecular formula is C56H35N7. The van der Waals surface area contributed by atoms with E-state index in [9.17, 15) is 0 Å². The van der Waals surface area contributed by atoms with Crippen molar-refractivity contribution in [3.63, 3.8) is 0 Å². The van der Waals surface area contributed by atoms with Crippen LogP contribution in [-0.4, -0.2) is 33.6 Å². The van der Waals surface area contributed by atoms with Crippen LogP contribution in [0.3, 0.4) is 0 Å². The Bertz CT molecular complexity index is 3810. The predicted octanol–water partition coefficient (Wildman–Crippen LogP) is 13.6. The maximum absolute atomic E-state index is 5.36. The molecule has 5 heterocycles. The quantitative estimate of drug-likeness (QED) is 0.168. The molecule has 0 atom stereocenters. The maximum Gasteiger partial charge on any atom is 0.238 e. The fourth-order valence-corrected chi connectivity index (χ4v) is 9.56. The van der Waals surface area contributed by atoms with Gasteiger partial charge >= 0.3 is 0 Å². The number of pyridine rings is 1. The molecular weight excluding hydrogens is 771 g/mol.